The number of aromatic nitrogens is 1. The maximum atomic E-state index is 10.7. The van der Waals surface area contributed by atoms with Crippen LogP contribution in [0.2, 0.25) is 0 Å². The predicted molar refractivity (Wildman–Crippen MR) is 61.9 cm³/mol. The maximum Gasteiger partial charge on any atom is 0.347 e. The van der Waals surface area contributed by atoms with E-state index >= 15 is 0 Å². The van der Waals surface area contributed by atoms with Crippen molar-refractivity contribution in [3.05, 3.63) is 11.1 Å². The van der Waals surface area contributed by atoms with Crippen molar-refractivity contribution >= 4 is 22.4 Å². The van der Waals surface area contributed by atoms with Crippen molar-refractivity contribution in [2.24, 2.45) is 11.8 Å². The summed E-state index contributed by atoms with van der Waals surface area (Å²) in [4.78, 5) is 15.2. The monoisotopic (exact) mass is 238 g/mol. The molecule has 0 atom stereocenters. The summed E-state index contributed by atoms with van der Waals surface area (Å²) in [5.41, 5.74) is 0. The number of hydrogen-bond donors (Lipinski definition) is 2. The molecule has 2 N–H and O–H groups in total. The van der Waals surface area contributed by atoms with Gasteiger partial charge < -0.3 is 10.4 Å². The Balaban J connectivity index is 1.69. The third-order valence-corrected chi connectivity index (χ3v) is 4.18. The maximum absolute atomic E-state index is 10.7. The summed E-state index contributed by atoms with van der Waals surface area (Å²) < 4.78 is 0. The first-order chi connectivity index (χ1) is 7.74. The molecule has 0 spiro atoms. The van der Waals surface area contributed by atoms with Crippen LogP contribution < -0.4 is 5.32 Å². The summed E-state index contributed by atoms with van der Waals surface area (Å²) in [5, 5.41) is 13.0. The molecule has 0 aliphatic heterocycles. The molecule has 2 aliphatic carbocycles. The molecule has 86 valence electrons. The third kappa shape index (κ3) is 2.04. The van der Waals surface area contributed by atoms with Crippen molar-refractivity contribution < 1.29 is 9.90 Å². The van der Waals surface area contributed by atoms with Crippen molar-refractivity contribution in [3.63, 3.8) is 0 Å². The lowest BCUT2D eigenvalue weighted by molar-refractivity contribution is 0.0702. The molecule has 2 saturated carbocycles. The molecule has 3 rings (SSSR count). The zero-order valence-electron chi connectivity index (χ0n) is 8.85. The third-order valence-electron chi connectivity index (χ3n) is 3.27. The summed E-state index contributed by atoms with van der Waals surface area (Å²) in [5.74, 6) is 0.703. The molecule has 0 saturated heterocycles. The Bertz CT molecular complexity index is 398. The largest absolute Gasteiger partial charge is 0.477 e. The zero-order chi connectivity index (χ0) is 11.1. The fourth-order valence-corrected chi connectivity index (χ4v) is 2.82. The molecule has 16 heavy (non-hydrogen) atoms. The van der Waals surface area contributed by atoms with E-state index in [1.54, 1.807) is 0 Å². The molecule has 0 unspecified atom stereocenters. The summed E-state index contributed by atoms with van der Waals surface area (Å²) in [6.07, 6.45) is 6.68. The van der Waals surface area contributed by atoms with Gasteiger partial charge in [0.2, 0.25) is 0 Å². The quantitative estimate of drug-likeness (QED) is 0.827. The minimum absolute atomic E-state index is 0.313. The van der Waals surface area contributed by atoms with E-state index in [1.807, 2.05) is 0 Å². The molecule has 0 aromatic carbocycles. The van der Waals surface area contributed by atoms with E-state index in [0.717, 1.165) is 17.0 Å². The second kappa shape index (κ2) is 3.73. The first-order valence-electron chi connectivity index (χ1n) is 5.69. The van der Waals surface area contributed by atoms with E-state index in [4.69, 9.17) is 5.11 Å². The number of carboxylic acid groups (broad SMARTS) is 1. The van der Waals surface area contributed by atoms with Crippen molar-refractivity contribution in [1.29, 1.82) is 0 Å². The number of nitrogens with one attached hydrogen (secondary N) is 1. The van der Waals surface area contributed by atoms with Gasteiger partial charge in [-0.1, -0.05) is 11.3 Å². The van der Waals surface area contributed by atoms with Crippen molar-refractivity contribution in [2.45, 2.75) is 31.7 Å². The average Bonchev–Trinajstić information content (AvgIpc) is 3.15. The molecule has 0 amide bonds. The molecule has 1 aromatic heterocycles. The molecule has 1 aromatic rings. The van der Waals surface area contributed by atoms with Crippen LogP contribution in [0.3, 0.4) is 0 Å². The van der Waals surface area contributed by atoms with Gasteiger partial charge in [0.1, 0.15) is 4.88 Å². The van der Waals surface area contributed by atoms with Crippen LogP contribution in [0.5, 0.6) is 0 Å². The number of nitrogens with zero attached hydrogens (tertiary/aromatic N) is 1. The topological polar surface area (TPSA) is 62.2 Å². The van der Waals surface area contributed by atoms with Crippen LogP contribution in [-0.4, -0.2) is 22.1 Å². The Morgan fingerprint density at radius 2 is 2.06 bits per heavy atom. The Hall–Kier alpha value is -1.10. The van der Waals surface area contributed by atoms with E-state index in [1.165, 1.54) is 43.2 Å². The van der Waals surface area contributed by atoms with Gasteiger partial charge in [0.25, 0.3) is 0 Å². The number of rotatable bonds is 5. The van der Waals surface area contributed by atoms with Crippen LogP contribution in [0.4, 0.5) is 5.13 Å². The average molecular weight is 238 g/mol. The highest BCUT2D eigenvalue weighted by Crippen LogP contribution is 2.46. The minimum atomic E-state index is -0.889. The SMILES string of the molecule is O=C(O)c1cnc(NC(C2CC2)C2CC2)s1. The van der Waals surface area contributed by atoms with E-state index in [9.17, 15) is 4.79 Å². The van der Waals surface area contributed by atoms with Crippen molar-refractivity contribution in [1.82, 2.24) is 4.98 Å². The molecule has 0 bridgehead atoms. The standard InChI is InChI=1S/C11H14N2O2S/c14-10(15)8-5-12-11(16-8)13-9(6-1-2-6)7-3-4-7/h5-7,9H,1-4H2,(H,12,13)(H,14,15). The summed E-state index contributed by atoms with van der Waals surface area (Å²) in [6, 6.07) is 0.535. The van der Waals surface area contributed by atoms with Gasteiger partial charge in [-0.2, -0.15) is 0 Å². The Morgan fingerprint density at radius 3 is 2.50 bits per heavy atom. The second-order valence-corrected chi connectivity index (χ2v) is 5.71. The Morgan fingerprint density at radius 1 is 1.44 bits per heavy atom. The number of hydrogen-bond acceptors (Lipinski definition) is 4. The van der Waals surface area contributed by atoms with Crippen molar-refractivity contribution in [3.8, 4) is 0 Å². The van der Waals surface area contributed by atoms with Gasteiger partial charge in [-0.25, -0.2) is 9.78 Å². The van der Waals surface area contributed by atoms with Crippen molar-refractivity contribution in [2.75, 3.05) is 5.32 Å². The van der Waals surface area contributed by atoms with Gasteiger partial charge in [0.05, 0.1) is 6.20 Å². The number of thiazole rings is 1. The lowest BCUT2D eigenvalue weighted by atomic mass is 10.1. The molecule has 2 aliphatic rings. The fourth-order valence-electron chi connectivity index (χ4n) is 2.11. The van der Waals surface area contributed by atoms with Gasteiger partial charge in [0.15, 0.2) is 5.13 Å². The zero-order valence-corrected chi connectivity index (χ0v) is 9.67. The molecule has 0 radical (unpaired) electrons. The van der Waals surface area contributed by atoms with E-state index in [0.29, 0.717) is 10.9 Å². The van der Waals surface area contributed by atoms with Crippen LogP contribution in [0.15, 0.2) is 6.20 Å². The molecular weight excluding hydrogens is 224 g/mol. The number of carboxylic acids is 1. The van der Waals surface area contributed by atoms with Crippen LogP contribution in [0.1, 0.15) is 35.4 Å². The van der Waals surface area contributed by atoms with Crippen LogP contribution in [0, 0.1) is 11.8 Å². The fraction of sp³-hybridized carbons (Fsp3) is 0.636. The Kier molecular flexibility index (Phi) is 2.35. The highest BCUT2D eigenvalue weighted by atomic mass is 32.1. The second-order valence-electron chi connectivity index (χ2n) is 4.68. The smallest absolute Gasteiger partial charge is 0.347 e. The number of aromatic carboxylic acids is 1. The van der Waals surface area contributed by atoms with Crippen LogP contribution in [-0.2, 0) is 0 Å². The van der Waals surface area contributed by atoms with Gasteiger partial charge in [-0.15, -0.1) is 0 Å². The normalized spacial score (nSPS) is 20.1. The van der Waals surface area contributed by atoms with Gasteiger partial charge in [-0.05, 0) is 37.5 Å². The predicted octanol–water partition coefficient (Wildman–Crippen LogP) is 2.44. The Labute approximate surface area is 97.7 Å². The first-order valence-corrected chi connectivity index (χ1v) is 6.51. The van der Waals surface area contributed by atoms with Gasteiger partial charge in [-0.3, -0.25) is 0 Å². The number of carbonyl (C=O) groups is 1. The molecule has 1 heterocycles. The van der Waals surface area contributed by atoms with Crippen LogP contribution >= 0.6 is 11.3 Å². The molecule has 4 nitrogen and oxygen atoms in total. The minimum Gasteiger partial charge on any atom is -0.477 e. The molecular formula is C11H14N2O2S. The lowest BCUT2D eigenvalue weighted by Crippen LogP contribution is -2.23. The number of anilines is 1. The summed E-state index contributed by atoms with van der Waals surface area (Å²) in [7, 11) is 0. The highest BCUT2D eigenvalue weighted by Gasteiger charge is 2.41. The van der Waals surface area contributed by atoms with Gasteiger partial charge in [0, 0.05) is 6.04 Å². The highest BCUT2D eigenvalue weighted by molar-refractivity contribution is 7.17. The van der Waals surface area contributed by atoms with E-state index < -0.39 is 5.97 Å². The van der Waals surface area contributed by atoms with E-state index in [-0.39, 0.29) is 0 Å². The van der Waals surface area contributed by atoms with E-state index in [2.05, 4.69) is 10.3 Å². The molecule has 5 heteroatoms. The first kappa shape index (κ1) is 10.1. The summed E-state index contributed by atoms with van der Waals surface area (Å²) in [6.45, 7) is 0. The lowest BCUT2D eigenvalue weighted by Gasteiger charge is -2.16. The van der Waals surface area contributed by atoms with Crippen LogP contribution in [0.25, 0.3) is 0 Å². The van der Waals surface area contributed by atoms with Gasteiger partial charge >= 0.3 is 5.97 Å². The summed E-state index contributed by atoms with van der Waals surface area (Å²) >= 11 is 1.24. The molecule has 2 fully saturated rings.